The van der Waals surface area contributed by atoms with Crippen LogP contribution in [0.4, 0.5) is 0 Å². The molecule has 18 heavy (non-hydrogen) atoms. The lowest BCUT2D eigenvalue weighted by Gasteiger charge is -2.08. The third-order valence-electron chi connectivity index (χ3n) is 2.55. The number of H-pyrrole nitrogens is 1. The molecule has 0 aliphatic rings. The molecule has 6 nitrogen and oxygen atoms in total. The van der Waals surface area contributed by atoms with Gasteiger partial charge in [0.05, 0.1) is 11.7 Å². The van der Waals surface area contributed by atoms with Gasteiger partial charge in [0.2, 0.25) is 5.91 Å². The van der Waals surface area contributed by atoms with Crippen molar-refractivity contribution in [2.45, 2.75) is 13.0 Å². The topological polar surface area (TPSA) is 75.6 Å². The summed E-state index contributed by atoms with van der Waals surface area (Å²) in [6.45, 7) is 1.87. The molecule has 0 saturated carbocycles. The van der Waals surface area contributed by atoms with Crippen molar-refractivity contribution in [1.82, 2.24) is 25.1 Å². The van der Waals surface area contributed by atoms with Crippen molar-refractivity contribution in [3.8, 4) is 0 Å². The van der Waals surface area contributed by atoms with E-state index < -0.39 is 0 Å². The lowest BCUT2D eigenvalue weighted by molar-refractivity contribution is -0.117. The lowest BCUT2D eigenvalue weighted by atomic mass is 10.3. The van der Waals surface area contributed by atoms with Gasteiger partial charge in [-0.3, -0.25) is 9.48 Å². The fourth-order valence-electron chi connectivity index (χ4n) is 1.55. The fourth-order valence-corrected chi connectivity index (χ4v) is 1.55. The minimum atomic E-state index is -0.167. The minimum Gasteiger partial charge on any atom is -0.347 e. The number of aryl methyl sites for hydroxylation is 1. The number of aromatic amines is 1. The molecular weight excluding hydrogens is 230 g/mol. The molecule has 0 aliphatic carbocycles. The van der Waals surface area contributed by atoms with Gasteiger partial charge in [0.25, 0.3) is 0 Å². The number of amides is 1. The van der Waals surface area contributed by atoms with Crippen LogP contribution >= 0.6 is 0 Å². The molecule has 0 saturated heterocycles. The van der Waals surface area contributed by atoms with E-state index in [9.17, 15) is 4.79 Å². The van der Waals surface area contributed by atoms with Crippen molar-refractivity contribution < 1.29 is 4.79 Å². The summed E-state index contributed by atoms with van der Waals surface area (Å²) in [6, 6.07) is 1.68. The van der Waals surface area contributed by atoms with E-state index in [0.29, 0.717) is 0 Å². The zero-order chi connectivity index (χ0) is 13.0. The Morgan fingerprint density at radius 3 is 3.00 bits per heavy atom. The molecule has 2 aromatic rings. The van der Waals surface area contributed by atoms with E-state index in [-0.39, 0.29) is 11.9 Å². The molecule has 0 spiro atoms. The smallest absolute Gasteiger partial charge is 0.244 e. The van der Waals surface area contributed by atoms with Crippen LogP contribution in [0.5, 0.6) is 0 Å². The molecule has 2 aromatic heterocycles. The van der Waals surface area contributed by atoms with Crippen molar-refractivity contribution in [2.75, 3.05) is 0 Å². The Kier molecular flexibility index (Phi) is 3.57. The first-order chi connectivity index (χ1) is 8.66. The van der Waals surface area contributed by atoms with Gasteiger partial charge in [-0.05, 0) is 19.1 Å². The highest BCUT2D eigenvalue weighted by atomic mass is 16.1. The molecule has 0 fully saturated rings. The van der Waals surface area contributed by atoms with Crippen molar-refractivity contribution in [2.24, 2.45) is 7.05 Å². The number of nitrogens with one attached hydrogen (secondary N) is 2. The number of nitrogens with zero attached hydrogens (tertiary/aromatic N) is 3. The van der Waals surface area contributed by atoms with Crippen LogP contribution in [0, 0.1) is 0 Å². The number of carbonyl (C=O) groups is 1. The normalized spacial score (nSPS) is 12.8. The minimum absolute atomic E-state index is 0.149. The summed E-state index contributed by atoms with van der Waals surface area (Å²) in [5.41, 5.74) is 0.871. The number of imidazole rings is 1. The first kappa shape index (κ1) is 12.1. The Labute approximate surface area is 105 Å². The molecular formula is C12H15N5O. The molecule has 0 radical (unpaired) electrons. The predicted molar refractivity (Wildman–Crippen MR) is 67.4 cm³/mol. The Balaban J connectivity index is 1.93. The maximum Gasteiger partial charge on any atom is 0.244 e. The van der Waals surface area contributed by atoms with Crippen LogP contribution in [0.2, 0.25) is 0 Å². The second kappa shape index (κ2) is 5.31. The first-order valence-electron chi connectivity index (χ1n) is 5.62. The third kappa shape index (κ3) is 2.85. The molecule has 0 bridgehead atoms. The average molecular weight is 245 g/mol. The van der Waals surface area contributed by atoms with Gasteiger partial charge < -0.3 is 10.3 Å². The van der Waals surface area contributed by atoms with Gasteiger partial charge in [-0.15, -0.1) is 0 Å². The highest BCUT2D eigenvalue weighted by Crippen LogP contribution is 2.05. The summed E-state index contributed by atoms with van der Waals surface area (Å²) in [5, 5.41) is 6.83. The Hall–Kier alpha value is -2.37. The molecule has 2 rings (SSSR count). The Morgan fingerprint density at radius 1 is 1.56 bits per heavy atom. The maximum atomic E-state index is 11.7. The summed E-state index contributed by atoms with van der Waals surface area (Å²) in [6.07, 6.45) is 8.27. The second-order valence-corrected chi connectivity index (χ2v) is 3.92. The van der Waals surface area contributed by atoms with E-state index >= 15 is 0 Å². The van der Waals surface area contributed by atoms with Crippen molar-refractivity contribution in [3.05, 3.63) is 42.3 Å². The van der Waals surface area contributed by atoms with Gasteiger partial charge in [0.1, 0.15) is 5.82 Å². The summed E-state index contributed by atoms with van der Waals surface area (Å²) in [4.78, 5) is 18.7. The van der Waals surface area contributed by atoms with Gasteiger partial charge in [-0.1, -0.05) is 0 Å². The monoisotopic (exact) mass is 245 g/mol. The molecule has 0 aromatic carbocycles. The summed E-state index contributed by atoms with van der Waals surface area (Å²) < 4.78 is 1.69. The number of aromatic nitrogens is 4. The number of hydrogen-bond donors (Lipinski definition) is 2. The summed E-state index contributed by atoms with van der Waals surface area (Å²) >= 11 is 0. The SMILES string of the molecule is CC(NC(=O)/C=C/c1ccnn1C)c1ncc[nH]1. The Morgan fingerprint density at radius 2 is 2.39 bits per heavy atom. The highest BCUT2D eigenvalue weighted by molar-refractivity contribution is 5.91. The number of carbonyl (C=O) groups excluding carboxylic acids is 1. The standard InChI is InChI=1S/C12H15N5O/c1-9(12-13-7-8-14-12)16-11(18)4-3-10-5-6-15-17(10)2/h3-9H,1-2H3,(H,13,14)(H,16,18)/b4-3+. The van der Waals surface area contributed by atoms with E-state index in [0.717, 1.165) is 11.5 Å². The predicted octanol–water partition coefficient (Wildman–Crippen LogP) is 1.03. The molecule has 1 amide bonds. The highest BCUT2D eigenvalue weighted by Gasteiger charge is 2.08. The molecule has 94 valence electrons. The van der Waals surface area contributed by atoms with Gasteiger partial charge >= 0.3 is 0 Å². The van der Waals surface area contributed by atoms with E-state index in [2.05, 4.69) is 20.4 Å². The van der Waals surface area contributed by atoms with Crippen LogP contribution in [0.1, 0.15) is 24.5 Å². The Bertz CT molecular complexity index is 541. The van der Waals surface area contributed by atoms with Crippen LogP contribution in [-0.2, 0) is 11.8 Å². The van der Waals surface area contributed by atoms with E-state index in [1.54, 1.807) is 29.3 Å². The first-order valence-corrected chi connectivity index (χ1v) is 5.62. The van der Waals surface area contributed by atoms with Crippen molar-refractivity contribution in [1.29, 1.82) is 0 Å². The average Bonchev–Trinajstić information content (AvgIpc) is 2.97. The molecule has 2 heterocycles. The summed E-state index contributed by atoms with van der Waals surface area (Å²) in [7, 11) is 1.82. The van der Waals surface area contributed by atoms with Gasteiger partial charge in [0, 0.05) is 31.7 Å². The van der Waals surface area contributed by atoms with Crippen LogP contribution in [0.3, 0.4) is 0 Å². The molecule has 1 unspecified atom stereocenters. The number of hydrogen-bond acceptors (Lipinski definition) is 3. The quantitative estimate of drug-likeness (QED) is 0.790. The van der Waals surface area contributed by atoms with Crippen LogP contribution < -0.4 is 5.32 Å². The maximum absolute atomic E-state index is 11.7. The molecule has 0 aliphatic heterocycles. The number of rotatable bonds is 4. The third-order valence-corrected chi connectivity index (χ3v) is 2.55. The van der Waals surface area contributed by atoms with E-state index in [1.807, 2.05) is 20.0 Å². The molecule has 2 N–H and O–H groups in total. The van der Waals surface area contributed by atoms with Gasteiger partial charge in [0.15, 0.2) is 0 Å². The van der Waals surface area contributed by atoms with Crippen molar-refractivity contribution >= 4 is 12.0 Å². The zero-order valence-electron chi connectivity index (χ0n) is 10.3. The van der Waals surface area contributed by atoms with Gasteiger partial charge in [-0.2, -0.15) is 5.10 Å². The molecule has 6 heteroatoms. The lowest BCUT2D eigenvalue weighted by Crippen LogP contribution is -2.25. The molecule has 1 atom stereocenters. The fraction of sp³-hybridized carbons (Fsp3) is 0.250. The summed E-state index contributed by atoms with van der Waals surface area (Å²) in [5.74, 6) is 0.567. The van der Waals surface area contributed by atoms with Crippen molar-refractivity contribution in [3.63, 3.8) is 0 Å². The van der Waals surface area contributed by atoms with Crippen LogP contribution in [-0.4, -0.2) is 25.7 Å². The van der Waals surface area contributed by atoms with Crippen LogP contribution in [0.25, 0.3) is 6.08 Å². The van der Waals surface area contributed by atoms with Gasteiger partial charge in [-0.25, -0.2) is 4.98 Å². The second-order valence-electron chi connectivity index (χ2n) is 3.92. The van der Waals surface area contributed by atoms with E-state index in [1.165, 1.54) is 6.08 Å². The van der Waals surface area contributed by atoms with E-state index in [4.69, 9.17) is 0 Å². The largest absolute Gasteiger partial charge is 0.347 e. The van der Waals surface area contributed by atoms with Crippen LogP contribution in [0.15, 0.2) is 30.7 Å². The zero-order valence-corrected chi connectivity index (χ0v) is 10.3.